The van der Waals surface area contributed by atoms with Crippen molar-refractivity contribution < 1.29 is 13.6 Å². The lowest BCUT2D eigenvalue weighted by molar-refractivity contribution is 0.0940. The van der Waals surface area contributed by atoms with Gasteiger partial charge in [-0.05, 0) is 24.6 Å². The smallest absolute Gasteiger partial charge is 0.266 e. The van der Waals surface area contributed by atoms with Gasteiger partial charge in [0.15, 0.2) is 0 Å². The third-order valence-corrected chi connectivity index (χ3v) is 3.52. The number of anilines is 1. The fourth-order valence-corrected chi connectivity index (χ4v) is 2.49. The molecule has 0 aliphatic carbocycles. The summed E-state index contributed by atoms with van der Waals surface area (Å²) in [5.74, 6) is -0.351. The zero-order valence-corrected chi connectivity index (χ0v) is 11.4. The van der Waals surface area contributed by atoms with E-state index in [1.807, 2.05) is 0 Å². The quantitative estimate of drug-likeness (QED) is 0.808. The molecule has 3 rings (SSSR count). The van der Waals surface area contributed by atoms with Crippen LogP contribution in [0.4, 0.5) is 14.7 Å². The second kappa shape index (κ2) is 5.55. The molecule has 2 aromatic heterocycles. The number of aromatic amines is 1. The van der Waals surface area contributed by atoms with Crippen LogP contribution in [0, 0.1) is 0 Å². The Kier molecular flexibility index (Phi) is 3.58. The Bertz CT molecular complexity index is 751. The van der Waals surface area contributed by atoms with Crippen molar-refractivity contribution in [3.05, 3.63) is 41.7 Å². The Morgan fingerprint density at radius 1 is 1.50 bits per heavy atom. The zero-order valence-electron chi connectivity index (χ0n) is 11.4. The van der Waals surface area contributed by atoms with Crippen LogP contribution in [0.1, 0.15) is 28.4 Å². The summed E-state index contributed by atoms with van der Waals surface area (Å²) in [6, 6.07) is 3.30. The number of amides is 1. The summed E-state index contributed by atoms with van der Waals surface area (Å²) >= 11 is 0. The molecule has 22 heavy (non-hydrogen) atoms. The fraction of sp³-hybridized carbons (Fsp3) is 0.214. The summed E-state index contributed by atoms with van der Waals surface area (Å²) in [6.45, 7) is 0.307. The normalized spacial score (nSPS) is 16.8. The summed E-state index contributed by atoms with van der Waals surface area (Å²) in [7, 11) is 0. The summed E-state index contributed by atoms with van der Waals surface area (Å²) < 4.78 is 24.6. The van der Waals surface area contributed by atoms with Crippen molar-refractivity contribution in [1.82, 2.24) is 20.3 Å². The lowest BCUT2D eigenvalue weighted by Gasteiger charge is -2.21. The molecule has 4 N–H and O–H groups in total. The minimum Gasteiger partial charge on any atom is -0.368 e. The molecule has 3 heterocycles. The van der Waals surface area contributed by atoms with E-state index in [0.29, 0.717) is 29.2 Å². The Labute approximate surface area is 124 Å². The van der Waals surface area contributed by atoms with Crippen molar-refractivity contribution in [3.8, 4) is 11.4 Å². The number of halogens is 2. The van der Waals surface area contributed by atoms with Gasteiger partial charge in [-0.3, -0.25) is 4.79 Å². The van der Waals surface area contributed by atoms with Crippen LogP contribution in [0.5, 0.6) is 0 Å². The summed E-state index contributed by atoms with van der Waals surface area (Å²) in [4.78, 5) is 22.9. The molecule has 114 valence electrons. The lowest BCUT2D eigenvalue weighted by atomic mass is 9.94. The van der Waals surface area contributed by atoms with Crippen LogP contribution in [0.2, 0.25) is 0 Å². The number of aromatic nitrogens is 3. The van der Waals surface area contributed by atoms with E-state index in [9.17, 15) is 13.6 Å². The van der Waals surface area contributed by atoms with Gasteiger partial charge in [0.05, 0.1) is 17.0 Å². The topological polar surface area (TPSA) is 96.7 Å². The van der Waals surface area contributed by atoms with Gasteiger partial charge in [-0.2, -0.15) is 8.78 Å². The first-order chi connectivity index (χ1) is 10.5. The largest absolute Gasteiger partial charge is 0.368 e. The number of H-pyrrole nitrogens is 1. The van der Waals surface area contributed by atoms with Crippen molar-refractivity contribution in [2.75, 3.05) is 12.3 Å². The van der Waals surface area contributed by atoms with Gasteiger partial charge in [-0.25, -0.2) is 9.97 Å². The SMILES string of the molecule is Nc1nccc(-c2cc3c([nH]2)C(CC=C(F)F)CNC3=O)n1. The summed E-state index contributed by atoms with van der Waals surface area (Å²) in [5.41, 5.74) is 7.77. The molecule has 1 aliphatic heterocycles. The predicted octanol–water partition coefficient (Wildman–Crippen LogP) is 2.05. The first-order valence-corrected chi connectivity index (χ1v) is 6.65. The number of nitrogen functional groups attached to an aromatic ring is 1. The molecule has 1 atom stereocenters. The van der Waals surface area contributed by atoms with Gasteiger partial charge < -0.3 is 16.0 Å². The second-order valence-corrected chi connectivity index (χ2v) is 4.95. The third-order valence-electron chi connectivity index (χ3n) is 3.52. The van der Waals surface area contributed by atoms with E-state index in [2.05, 4.69) is 20.3 Å². The van der Waals surface area contributed by atoms with Crippen molar-refractivity contribution in [3.63, 3.8) is 0 Å². The molecule has 0 spiro atoms. The van der Waals surface area contributed by atoms with E-state index in [1.165, 1.54) is 6.20 Å². The number of nitrogens with one attached hydrogen (secondary N) is 2. The highest BCUT2D eigenvalue weighted by molar-refractivity contribution is 5.98. The van der Waals surface area contributed by atoms with Crippen LogP contribution in [-0.2, 0) is 0 Å². The number of carbonyl (C=O) groups excluding carboxylic acids is 1. The van der Waals surface area contributed by atoms with Crippen molar-refractivity contribution in [2.24, 2.45) is 0 Å². The Balaban J connectivity index is 1.99. The molecule has 0 aromatic carbocycles. The molecule has 0 saturated carbocycles. The van der Waals surface area contributed by atoms with E-state index in [-0.39, 0.29) is 24.2 Å². The van der Waals surface area contributed by atoms with E-state index >= 15 is 0 Å². The first-order valence-electron chi connectivity index (χ1n) is 6.65. The van der Waals surface area contributed by atoms with Crippen molar-refractivity contribution in [1.29, 1.82) is 0 Å². The summed E-state index contributed by atoms with van der Waals surface area (Å²) in [5, 5.41) is 2.70. The van der Waals surface area contributed by atoms with E-state index < -0.39 is 6.08 Å². The van der Waals surface area contributed by atoms with Crippen molar-refractivity contribution >= 4 is 11.9 Å². The maximum atomic E-state index is 12.3. The molecule has 1 unspecified atom stereocenters. The highest BCUT2D eigenvalue weighted by Crippen LogP contribution is 2.30. The molecule has 1 aliphatic rings. The fourth-order valence-electron chi connectivity index (χ4n) is 2.49. The van der Waals surface area contributed by atoms with Gasteiger partial charge >= 0.3 is 0 Å². The van der Waals surface area contributed by atoms with Crippen LogP contribution in [0.15, 0.2) is 30.5 Å². The van der Waals surface area contributed by atoms with Gasteiger partial charge in [-0.1, -0.05) is 0 Å². The number of fused-ring (bicyclic) bond motifs is 1. The van der Waals surface area contributed by atoms with E-state index in [0.717, 1.165) is 6.08 Å². The van der Waals surface area contributed by atoms with Gasteiger partial charge in [0.1, 0.15) is 0 Å². The molecule has 0 saturated heterocycles. The highest BCUT2D eigenvalue weighted by atomic mass is 19.3. The van der Waals surface area contributed by atoms with E-state index in [1.54, 1.807) is 12.1 Å². The first kappa shape index (κ1) is 14.2. The molecule has 0 fully saturated rings. The Morgan fingerprint density at radius 3 is 3.05 bits per heavy atom. The average molecular weight is 305 g/mol. The lowest BCUT2D eigenvalue weighted by Crippen LogP contribution is -2.34. The molecular formula is C14H13F2N5O. The number of hydrogen-bond donors (Lipinski definition) is 3. The molecular weight excluding hydrogens is 292 g/mol. The number of nitrogens with zero attached hydrogens (tertiary/aromatic N) is 2. The molecule has 0 bridgehead atoms. The van der Waals surface area contributed by atoms with Crippen LogP contribution >= 0.6 is 0 Å². The Hall–Kier alpha value is -2.77. The minimum atomic E-state index is -1.73. The average Bonchev–Trinajstić information content (AvgIpc) is 2.92. The monoisotopic (exact) mass is 305 g/mol. The highest BCUT2D eigenvalue weighted by Gasteiger charge is 2.27. The number of carbonyl (C=O) groups is 1. The van der Waals surface area contributed by atoms with Crippen molar-refractivity contribution in [2.45, 2.75) is 12.3 Å². The number of hydrogen-bond acceptors (Lipinski definition) is 4. The van der Waals surface area contributed by atoms with Gasteiger partial charge in [0.2, 0.25) is 5.95 Å². The number of nitrogens with two attached hydrogens (primary N) is 1. The van der Waals surface area contributed by atoms with Crippen LogP contribution in [-0.4, -0.2) is 27.4 Å². The van der Waals surface area contributed by atoms with Gasteiger partial charge in [-0.15, -0.1) is 0 Å². The van der Waals surface area contributed by atoms with Gasteiger partial charge in [0.25, 0.3) is 12.0 Å². The van der Waals surface area contributed by atoms with Crippen LogP contribution in [0.3, 0.4) is 0 Å². The summed E-state index contributed by atoms with van der Waals surface area (Å²) in [6.07, 6.45) is 0.779. The number of allylic oxidation sites excluding steroid dienone is 1. The molecule has 0 radical (unpaired) electrons. The molecule has 8 heteroatoms. The second-order valence-electron chi connectivity index (χ2n) is 4.95. The molecule has 2 aromatic rings. The van der Waals surface area contributed by atoms with Crippen LogP contribution in [0.25, 0.3) is 11.4 Å². The predicted molar refractivity (Wildman–Crippen MR) is 76.2 cm³/mol. The Morgan fingerprint density at radius 2 is 2.32 bits per heavy atom. The maximum Gasteiger partial charge on any atom is 0.266 e. The third kappa shape index (κ3) is 2.67. The standard InChI is InChI=1S/C14H13F2N5O/c15-11(16)2-1-7-6-19-13(22)8-5-10(20-12(7)8)9-3-4-18-14(17)21-9/h2-5,7,20H,1,6H2,(H,19,22)(H2,17,18,21). The number of rotatable bonds is 3. The van der Waals surface area contributed by atoms with Crippen LogP contribution < -0.4 is 11.1 Å². The minimum absolute atomic E-state index is 0.119. The maximum absolute atomic E-state index is 12.3. The molecule has 1 amide bonds. The zero-order chi connectivity index (χ0) is 15.7. The molecule has 6 nitrogen and oxygen atoms in total. The van der Waals surface area contributed by atoms with E-state index in [4.69, 9.17) is 5.73 Å². The van der Waals surface area contributed by atoms with Gasteiger partial charge in [0, 0.05) is 24.4 Å².